The maximum atomic E-state index is 5.59. The highest BCUT2D eigenvalue weighted by Crippen LogP contribution is 2.23. The Kier molecular flexibility index (Phi) is 3.93. The summed E-state index contributed by atoms with van der Waals surface area (Å²) in [4.78, 5) is 12.9. The molecule has 1 aliphatic heterocycles. The van der Waals surface area contributed by atoms with Crippen LogP contribution in [0.2, 0.25) is 0 Å². The summed E-state index contributed by atoms with van der Waals surface area (Å²) in [7, 11) is 0. The molecule has 0 unspecified atom stereocenters. The molecular formula is C17H22N6O. The lowest BCUT2D eigenvalue weighted by Crippen LogP contribution is -2.33. The van der Waals surface area contributed by atoms with Crippen molar-refractivity contribution in [2.45, 2.75) is 26.3 Å². The fraction of sp³-hybridized carbons (Fsp3) is 0.471. The molecule has 4 rings (SSSR count). The van der Waals surface area contributed by atoms with E-state index in [0.717, 1.165) is 49.6 Å². The SMILES string of the molecule is Cc1nnc([C@@H](C)N2CCCN(c3nc4ccccc4[nH]3)CC2)o1. The van der Waals surface area contributed by atoms with E-state index in [1.807, 2.05) is 25.1 Å². The van der Waals surface area contributed by atoms with Crippen molar-refractivity contribution in [3.63, 3.8) is 0 Å². The molecule has 0 radical (unpaired) electrons. The van der Waals surface area contributed by atoms with Crippen molar-refractivity contribution in [3.05, 3.63) is 36.0 Å². The molecule has 126 valence electrons. The van der Waals surface area contributed by atoms with Crippen molar-refractivity contribution in [2.75, 3.05) is 31.1 Å². The number of anilines is 1. The van der Waals surface area contributed by atoms with Crippen LogP contribution in [-0.2, 0) is 0 Å². The fourth-order valence-electron chi connectivity index (χ4n) is 3.26. The van der Waals surface area contributed by atoms with Crippen molar-refractivity contribution in [2.24, 2.45) is 0 Å². The van der Waals surface area contributed by atoms with Gasteiger partial charge in [-0.3, -0.25) is 4.90 Å². The van der Waals surface area contributed by atoms with Gasteiger partial charge in [0.25, 0.3) is 0 Å². The van der Waals surface area contributed by atoms with E-state index >= 15 is 0 Å². The number of benzene rings is 1. The van der Waals surface area contributed by atoms with E-state index in [1.54, 1.807) is 0 Å². The molecule has 0 amide bonds. The van der Waals surface area contributed by atoms with Crippen LogP contribution in [0.1, 0.15) is 31.2 Å². The van der Waals surface area contributed by atoms with Crippen LogP contribution in [0.3, 0.4) is 0 Å². The van der Waals surface area contributed by atoms with Crippen molar-refractivity contribution in [1.29, 1.82) is 0 Å². The highest BCUT2D eigenvalue weighted by molar-refractivity contribution is 5.77. The minimum absolute atomic E-state index is 0.141. The summed E-state index contributed by atoms with van der Waals surface area (Å²) in [5.41, 5.74) is 2.10. The van der Waals surface area contributed by atoms with E-state index in [4.69, 9.17) is 9.40 Å². The van der Waals surface area contributed by atoms with E-state index < -0.39 is 0 Å². The number of para-hydroxylation sites is 2. The minimum atomic E-state index is 0.141. The Morgan fingerprint density at radius 3 is 2.79 bits per heavy atom. The minimum Gasteiger partial charge on any atom is -0.424 e. The molecule has 1 saturated heterocycles. The van der Waals surface area contributed by atoms with Crippen LogP contribution in [0, 0.1) is 6.92 Å². The molecular weight excluding hydrogens is 304 g/mol. The maximum absolute atomic E-state index is 5.59. The molecule has 3 aromatic rings. The van der Waals surface area contributed by atoms with E-state index in [2.05, 4.69) is 38.0 Å². The molecule has 7 nitrogen and oxygen atoms in total. The lowest BCUT2D eigenvalue weighted by atomic mass is 10.2. The quantitative estimate of drug-likeness (QED) is 0.797. The Balaban J connectivity index is 1.47. The normalized spacial score (nSPS) is 18.0. The number of hydrogen-bond donors (Lipinski definition) is 1. The molecule has 1 aliphatic rings. The second-order valence-electron chi connectivity index (χ2n) is 6.29. The summed E-state index contributed by atoms with van der Waals surface area (Å²) in [6.45, 7) is 7.83. The van der Waals surface area contributed by atoms with Gasteiger partial charge in [0.05, 0.1) is 17.1 Å². The number of rotatable bonds is 3. The average Bonchev–Trinajstić information content (AvgIpc) is 3.13. The van der Waals surface area contributed by atoms with Gasteiger partial charge in [0.2, 0.25) is 17.7 Å². The molecule has 1 aromatic carbocycles. The van der Waals surface area contributed by atoms with Crippen molar-refractivity contribution in [3.8, 4) is 0 Å². The van der Waals surface area contributed by atoms with Crippen LogP contribution in [0.15, 0.2) is 28.7 Å². The second kappa shape index (κ2) is 6.24. The van der Waals surface area contributed by atoms with Gasteiger partial charge in [-0.2, -0.15) is 0 Å². The van der Waals surface area contributed by atoms with E-state index in [0.29, 0.717) is 11.8 Å². The van der Waals surface area contributed by atoms with Gasteiger partial charge in [-0.05, 0) is 25.5 Å². The molecule has 1 atom stereocenters. The molecule has 1 N–H and O–H groups in total. The number of imidazole rings is 1. The Hall–Kier alpha value is -2.41. The van der Waals surface area contributed by atoms with Crippen LogP contribution >= 0.6 is 0 Å². The van der Waals surface area contributed by atoms with Gasteiger partial charge in [0, 0.05) is 33.1 Å². The first-order chi connectivity index (χ1) is 11.7. The number of nitrogens with one attached hydrogen (secondary N) is 1. The third-order valence-corrected chi connectivity index (χ3v) is 4.65. The van der Waals surface area contributed by atoms with Crippen LogP contribution < -0.4 is 4.90 Å². The Labute approximate surface area is 140 Å². The summed E-state index contributed by atoms with van der Waals surface area (Å²) in [6.07, 6.45) is 1.08. The van der Waals surface area contributed by atoms with Gasteiger partial charge >= 0.3 is 0 Å². The first-order valence-electron chi connectivity index (χ1n) is 8.44. The Morgan fingerprint density at radius 2 is 2.00 bits per heavy atom. The number of hydrogen-bond acceptors (Lipinski definition) is 6. The van der Waals surface area contributed by atoms with Crippen molar-refractivity contribution < 1.29 is 4.42 Å². The van der Waals surface area contributed by atoms with Crippen LogP contribution in [0.25, 0.3) is 11.0 Å². The third kappa shape index (κ3) is 2.87. The zero-order valence-corrected chi connectivity index (χ0v) is 14.1. The number of aromatic amines is 1. The molecule has 24 heavy (non-hydrogen) atoms. The highest BCUT2D eigenvalue weighted by atomic mass is 16.4. The number of fused-ring (bicyclic) bond motifs is 1. The second-order valence-corrected chi connectivity index (χ2v) is 6.29. The average molecular weight is 326 g/mol. The first-order valence-corrected chi connectivity index (χ1v) is 8.44. The monoisotopic (exact) mass is 326 g/mol. The van der Waals surface area contributed by atoms with E-state index in [9.17, 15) is 0 Å². The van der Waals surface area contributed by atoms with Gasteiger partial charge < -0.3 is 14.3 Å². The Morgan fingerprint density at radius 1 is 1.12 bits per heavy atom. The van der Waals surface area contributed by atoms with E-state index in [1.165, 1.54) is 0 Å². The Bertz CT molecular complexity index is 792. The largest absolute Gasteiger partial charge is 0.424 e. The predicted octanol–water partition coefficient (Wildman–Crippen LogP) is 2.53. The lowest BCUT2D eigenvalue weighted by molar-refractivity contribution is 0.194. The molecule has 0 aliphatic carbocycles. The van der Waals surface area contributed by atoms with Gasteiger partial charge in [0.15, 0.2) is 0 Å². The van der Waals surface area contributed by atoms with Gasteiger partial charge in [0.1, 0.15) is 0 Å². The summed E-state index contributed by atoms with van der Waals surface area (Å²) < 4.78 is 5.59. The van der Waals surface area contributed by atoms with Gasteiger partial charge in [-0.15, -0.1) is 10.2 Å². The topological polar surface area (TPSA) is 74.1 Å². The van der Waals surface area contributed by atoms with Crippen LogP contribution in [0.5, 0.6) is 0 Å². The molecule has 0 spiro atoms. The predicted molar refractivity (Wildman–Crippen MR) is 91.9 cm³/mol. The zero-order valence-electron chi connectivity index (χ0n) is 14.1. The number of aryl methyl sites for hydroxylation is 1. The highest BCUT2D eigenvalue weighted by Gasteiger charge is 2.24. The maximum Gasteiger partial charge on any atom is 0.233 e. The lowest BCUT2D eigenvalue weighted by Gasteiger charge is -2.25. The fourth-order valence-corrected chi connectivity index (χ4v) is 3.26. The summed E-state index contributed by atoms with van der Waals surface area (Å²) in [5, 5.41) is 8.11. The number of aromatic nitrogens is 4. The van der Waals surface area contributed by atoms with Crippen molar-refractivity contribution >= 4 is 17.0 Å². The smallest absolute Gasteiger partial charge is 0.233 e. The summed E-state index contributed by atoms with van der Waals surface area (Å²) in [5.74, 6) is 2.28. The van der Waals surface area contributed by atoms with Crippen LogP contribution in [-0.4, -0.2) is 51.2 Å². The molecule has 7 heteroatoms. The van der Waals surface area contributed by atoms with E-state index in [-0.39, 0.29) is 6.04 Å². The molecule has 0 saturated carbocycles. The molecule has 1 fully saturated rings. The summed E-state index contributed by atoms with van der Waals surface area (Å²) in [6, 6.07) is 8.30. The number of nitrogens with zero attached hydrogens (tertiary/aromatic N) is 5. The first kappa shape index (κ1) is 15.1. The zero-order chi connectivity index (χ0) is 16.5. The standard InChI is InChI=1S/C17H22N6O/c1-12(16-21-20-13(2)24-16)22-8-5-9-23(11-10-22)17-18-14-6-3-4-7-15(14)19-17/h3-4,6-7,12H,5,8-11H2,1-2H3,(H,18,19)/t12-/m1/s1. The van der Waals surface area contributed by atoms with Gasteiger partial charge in [-0.1, -0.05) is 12.1 Å². The van der Waals surface area contributed by atoms with Crippen molar-refractivity contribution in [1.82, 2.24) is 25.1 Å². The molecule has 3 heterocycles. The third-order valence-electron chi connectivity index (χ3n) is 4.65. The van der Waals surface area contributed by atoms with Crippen LogP contribution in [0.4, 0.5) is 5.95 Å². The molecule has 2 aromatic heterocycles. The summed E-state index contributed by atoms with van der Waals surface area (Å²) >= 11 is 0. The molecule has 0 bridgehead atoms. The van der Waals surface area contributed by atoms with Gasteiger partial charge in [-0.25, -0.2) is 4.98 Å². The number of H-pyrrole nitrogens is 1.